The van der Waals surface area contributed by atoms with E-state index in [-0.39, 0.29) is 6.03 Å². The van der Waals surface area contributed by atoms with E-state index in [9.17, 15) is 4.79 Å². The average Bonchev–Trinajstić information content (AvgIpc) is 2.63. The summed E-state index contributed by atoms with van der Waals surface area (Å²) in [5.41, 5.74) is 4.63. The van der Waals surface area contributed by atoms with Crippen molar-refractivity contribution in [2.24, 2.45) is 0 Å². The molecule has 1 heterocycles. The number of hydrogen-bond acceptors (Lipinski definition) is 2. The summed E-state index contributed by atoms with van der Waals surface area (Å²) in [5, 5.41) is 3.01. The second kappa shape index (κ2) is 7.39. The van der Waals surface area contributed by atoms with Crippen molar-refractivity contribution in [1.82, 2.24) is 4.90 Å². The topological polar surface area (TPSA) is 35.6 Å². The van der Waals surface area contributed by atoms with Crippen LogP contribution in [0.5, 0.6) is 0 Å². The molecule has 3 rings (SSSR count). The summed E-state index contributed by atoms with van der Waals surface area (Å²) in [5.74, 6) is 0. The summed E-state index contributed by atoms with van der Waals surface area (Å²) in [7, 11) is 0. The SMILES string of the molecule is CCN(CC)c1ccc(NC(=O)N2CCc3ccccc3C2)cc1. The number of carbonyl (C=O) groups excluding carboxylic acids is 1. The maximum atomic E-state index is 12.5. The molecule has 0 saturated carbocycles. The molecule has 2 aromatic rings. The van der Waals surface area contributed by atoms with E-state index in [1.807, 2.05) is 23.1 Å². The Kier molecular flexibility index (Phi) is 5.04. The molecule has 0 bridgehead atoms. The van der Waals surface area contributed by atoms with Crippen molar-refractivity contribution >= 4 is 17.4 Å². The minimum atomic E-state index is -0.0277. The molecule has 24 heavy (non-hydrogen) atoms. The Balaban J connectivity index is 1.63. The highest BCUT2D eigenvalue weighted by Crippen LogP contribution is 2.21. The highest BCUT2D eigenvalue weighted by molar-refractivity contribution is 5.89. The summed E-state index contributed by atoms with van der Waals surface area (Å²) < 4.78 is 0. The number of benzene rings is 2. The van der Waals surface area contributed by atoms with Crippen LogP contribution < -0.4 is 10.2 Å². The molecule has 0 saturated heterocycles. The molecule has 1 N–H and O–H groups in total. The fraction of sp³-hybridized carbons (Fsp3) is 0.350. The third kappa shape index (κ3) is 3.53. The lowest BCUT2D eigenvalue weighted by molar-refractivity contribution is 0.206. The number of amides is 2. The maximum absolute atomic E-state index is 12.5. The van der Waals surface area contributed by atoms with Crippen LogP contribution in [0.1, 0.15) is 25.0 Å². The van der Waals surface area contributed by atoms with Crippen LogP contribution in [0.25, 0.3) is 0 Å². The van der Waals surface area contributed by atoms with Crippen LogP contribution in [0.3, 0.4) is 0 Å². The first-order valence-corrected chi connectivity index (χ1v) is 8.69. The zero-order valence-corrected chi connectivity index (χ0v) is 14.5. The second-order valence-corrected chi connectivity index (χ2v) is 6.09. The highest BCUT2D eigenvalue weighted by atomic mass is 16.2. The van der Waals surface area contributed by atoms with Gasteiger partial charge in [-0.3, -0.25) is 0 Å². The van der Waals surface area contributed by atoms with E-state index in [4.69, 9.17) is 0 Å². The molecule has 0 aromatic heterocycles. The standard InChI is InChI=1S/C20H25N3O/c1-3-22(4-2)19-11-9-18(10-12-19)21-20(24)23-14-13-16-7-5-6-8-17(16)15-23/h5-12H,3-4,13-15H2,1-2H3,(H,21,24). The van der Waals surface area contributed by atoms with Crippen LogP contribution in [-0.4, -0.2) is 30.6 Å². The van der Waals surface area contributed by atoms with Gasteiger partial charge in [-0.15, -0.1) is 0 Å². The van der Waals surface area contributed by atoms with Crippen molar-refractivity contribution in [3.05, 3.63) is 59.7 Å². The van der Waals surface area contributed by atoms with Gasteiger partial charge in [0.2, 0.25) is 0 Å². The number of anilines is 2. The lowest BCUT2D eigenvalue weighted by Crippen LogP contribution is -2.38. The van der Waals surface area contributed by atoms with Crippen molar-refractivity contribution in [1.29, 1.82) is 0 Å². The monoisotopic (exact) mass is 323 g/mol. The third-order valence-corrected chi connectivity index (χ3v) is 4.67. The minimum Gasteiger partial charge on any atom is -0.372 e. The van der Waals surface area contributed by atoms with Crippen molar-refractivity contribution < 1.29 is 4.79 Å². The molecule has 0 spiro atoms. The van der Waals surface area contributed by atoms with Crippen molar-refractivity contribution in [2.45, 2.75) is 26.8 Å². The Bertz CT molecular complexity index is 692. The van der Waals surface area contributed by atoms with Crippen molar-refractivity contribution in [2.75, 3.05) is 29.9 Å². The number of nitrogens with one attached hydrogen (secondary N) is 1. The van der Waals surface area contributed by atoms with Crippen LogP contribution in [0.2, 0.25) is 0 Å². The molecular formula is C20H25N3O. The Morgan fingerprint density at radius 2 is 1.71 bits per heavy atom. The molecule has 0 unspecified atom stereocenters. The van der Waals surface area contributed by atoms with Gasteiger partial charge in [0.25, 0.3) is 0 Å². The van der Waals surface area contributed by atoms with E-state index in [0.29, 0.717) is 6.54 Å². The molecule has 0 aliphatic carbocycles. The summed E-state index contributed by atoms with van der Waals surface area (Å²) >= 11 is 0. The molecule has 1 aliphatic heterocycles. The first-order chi connectivity index (χ1) is 11.7. The van der Waals surface area contributed by atoms with Crippen LogP contribution in [0.15, 0.2) is 48.5 Å². The molecular weight excluding hydrogens is 298 g/mol. The molecule has 0 atom stereocenters. The number of hydrogen-bond donors (Lipinski definition) is 1. The molecule has 4 heteroatoms. The van der Waals surface area contributed by atoms with Gasteiger partial charge in [0.05, 0.1) is 0 Å². The summed E-state index contributed by atoms with van der Waals surface area (Å²) in [4.78, 5) is 16.7. The number of nitrogens with zero attached hydrogens (tertiary/aromatic N) is 2. The molecule has 0 fully saturated rings. The van der Waals surface area contributed by atoms with Crippen molar-refractivity contribution in [3.63, 3.8) is 0 Å². The van der Waals surface area contributed by atoms with Gasteiger partial charge in [-0.1, -0.05) is 24.3 Å². The Hall–Kier alpha value is -2.49. The lowest BCUT2D eigenvalue weighted by Gasteiger charge is -2.29. The second-order valence-electron chi connectivity index (χ2n) is 6.09. The predicted octanol–water partition coefficient (Wildman–Crippen LogP) is 4.12. The Morgan fingerprint density at radius 1 is 1.04 bits per heavy atom. The van der Waals surface area contributed by atoms with Gasteiger partial charge >= 0.3 is 6.03 Å². The highest BCUT2D eigenvalue weighted by Gasteiger charge is 2.20. The van der Waals surface area contributed by atoms with E-state index >= 15 is 0 Å². The molecule has 126 valence electrons. The lowest BCUT2D eigenvalue weighted by atomic mass is 10.0. The molecule has 1 aliphatic rings. The predicted molar refractivity (Wildman–Crippen MR) is 99.6 cm³/mol. The van der Waals surface area contributed by atoms with Gasteiger partial charge in [0, 0.05) is 37.6 Å². The third-order valence-electron chi connectivity index (χ3n) is 4.67. The largest absolute Gasteiger partial charge is 0.372 e. The van der Waals surface area contributed by atoms with Gasteiger partial charge in [-0.05, 0) is 55.7 Å². The normalized spacial score (nSPS) is 13.3. The van der Waals surface area contributed by atoms with Crippen LogP contribution >= 0.6 is 0 Å². The first-order valence-electron chi connectivity index (χ1n) is 8.69. The van der Waals surface area contributed by atoms with E-state index in [0.717, 1.165) is 31.7 Å². The minimum absolute atomic E-state index is 0.0277. The van der Waals surface area contributed by atoms with Crippen LogP contribution in [0, 0.1) is 0 Å². The van der Waals surface area contributed by atoms with E-state index in [1.54, 1.807) is 0 Å². The summed E-state index contributed by atoms with van der Waals surface area (Å²) in [6, 6.07) is 16.4. The fourth-order valence-corrected chi connectivity index (χ4v) is 3.22. The Morgan fingerprint density at radius 3 is 2.38 bits per heavy atom. The van der Waals surface area contributed by atoms with Gasteiger partial charge in [0.1, 0.15) is 0 Å². The number of fused-ring (bicyclic) bond motifs is 1. The van der Waals surface area contributed by atoms with Gasteiger partial charge in [-0.2, -0.15) is 0 Å². The molecule has 0 radical (unpaired) electrons. The van der Waals surface area contributed by atoms with Crippen molar-refractivity contribution in [3.8, 4) is 0 Å². The number of urea groups is 1. The molecule has 4 nitrogen and oxygen atoms in total. The maximum Gasteiger partial charge on any atom is 0.322 e. The summed E-state index contributed by atoms with van der Waals surface area (Å²) in [6.45, 7) is 7.70. The zero-order valence-electron chi connectivity index (χ0n) is 14.5. The average molecular weight is 323 g/mol. The van der Waals surface area contributed by atoms with E-state index < -0.39 is 0 Å². The number of carbonyl (C=O) groups is 1. The smallest absolute Gasteiger partial charge is 0.322 e. The van der Waals surface area contributed by atoms with Crippen LogP contribution in [-0.2, 0) is 13.0 Å². The Labute approximate surface area is 144 Å². The van der Waals surface area contributed by atoms with E-state index in [2.05, 4.69) is 54.4 Å². The summed E-state index contributed by atoms with van der Waals surface area (Å²) in [6.07, 6.45) is 0.921. The van der Waals surface area contributed by atoms with Gasteiger partial charge < -0.3 is 15.1 Å². The molecule has 2 amide bonds. The quantitative estimate of drug-likeness (QED) is 0.918. The fourth-order valence-electron chi connectivity index (χ4n) is 3.22. The van der Waals surface area contributed by atoms with Crippen LogP contribution in [0.4, 0.5) is 16.2 Å². The first kappa shape index (κ1) is 16.4. The molecule has 2 aromatic carbocycles. The zero-order chi connectivity index (χ0) is 16.9. The van der Waals surface area contributed by atoms with Gasteiger partial charge in [-0.25, -0.2) is 4.79 Å². The number of rotatable bonds is 4. The van der Waals surface area contributed by atoms with Gasteiger partial charge in [0.15, 0.2) is 0 Å². The van der Waals surface area contributed by atoms with E-state index in [1.165, 1.54) is 16.8 Å².